The van der Waals surface area contributed by atoms with Gasteiger partial charge in [-0.15, -0.1) is 11.3 Å². The number of nitrogens with zero attached hydrogens (tertiary/aromatic N) is 1. The van der Waals surface area contributed by atoms with Crippen molar-refractivity contribution in [1.82, 2.24) is 4.57 Å². The molecule has 29 heavy (non-hydrogen) atoms. The topological polar surface area (TPSA) is 138 Å². The molecule has 0 radical (unpaired) electrons. The fraction of sp³-hybridized carbons (Fsp3) is 0.211. The number of aromatic nitrogens is 1. The van der Waals surface area contributed by atoms with Crippen LogP contribution in [0.1, 0.15) is 20.8 Å². The van der Waals surface area contributed by atoms with Gasteiger partial charge in [0.05, 0.1) is 24.8 Å². The van der Waals surface area contributed by atoms with Crippen LogP contribution in [0.3, 0.4) is 0 Å². The summed E-state index contributed by atoms with van der Waals surface area (Å²) in [4.78, 5) is 34.6. The van der Waals surface area contributed by atoms with Crippen LogP contribution < -0.4 is 5.32 Å². The standard InChI is InChI=1S/C19H16N2O7S/c22-15(19(26)27)20-16-14(18(24)25)12-5-10(28-8-13(12)29-16)7-21-6-9-3-1-2-4-11(9)17(21)23/h1-4,6,10,23H,5,7-8H2,(H,20,22)(H,24,25)(H,26,27). The van der Waals surface area contributed by atoms with Crippen molar-refractivity contribution in [2.24, 2.45) is 0 Å². The van der Waals surface area contributed by atoms with Crippen molar-refractivity contribution in [2.75, 3.05) is 5.32 Å². The lowest BCUT2D eigenvalue weighted by atomic mass is 10.0. The van der Waals surface area contributed by atoms with E-state index >= 15 is 0 Å². The smallest absolute Gasteiger partial charge is 0.394 e. The molecule has 2 aromatic heterocycles. The average Bonchev–Trinajstić information content (AvgIpc) is 3.19. The van der Waals surface area contributed by atoms with Gasteiger partial charge in [0, 0.05) is 28.3 Å². The van der Waals surface area contributed by atoms with E-state index in [-0.39, 0.29) is 29.5 Å². The van der Waals surface area contributed by atoms with Crippen LogP contribution in [0, 0.1) is 0 Å². The number of carboxylic acid groups (broad SMARTS) is 2. The predicted octanol–water partition coefficient (Wildman–Crippen LogP) is 2.27. The second kappa shape index (κ2) is 7.22. The Morgan fingerprint density at radius 1 is 1.24 bits per heavy atom. The molecular formula is C19H16N2O7S. The maximum absolute atomic E-state index is 11.8. The Morgan fingerprint density at radius 2 is 2.00 bits per heavy atom. The highest BCUT2D eigenvalue weighted by Gasteiger charge is 2.31. The Labute approximate surface area is 167 Å². The number of aromatic carboxylic acids is 1. The number of carbonyl (C=O) groups is 3. The maximum Gasteiger partial charge on any atom is 0.394 e. The van der Waals surface area contributed by atoms with Crippen LogP contribution >= 0.6 is 11.3 Å². The first kappa shape index (κ1) is 19.0. The lowest BCUT2D eigenvalue weighted by Crippen LogP contribution is -2.27. The summed E-state index contributed by atoms with van der Waals surface area (Å²) in [6.45, 7) is 0.446. The monoisotopic (exact) mass is 416 g/mol. The van der Waals surface area contributed by atoms with Gasteiger partial charge in [-0.25, -0.2) is 9.59 Å². The van der Waals surface area contributed by atoms with Crippen molar-refractivity contribution in [3.63, 3.8) is 0 Å². The molecule has 0 bridgehead atoms. The Morgan fingerprint density at radius 3 is 2.69 bits per heavy atom. The molecule has 9 nitrogen and oxygen atoms in total. The summed E-state index contributed by atoms with van der Waals surface area (Å²) in [7, 11) is 0. The molecule has 1 aliphatic rings. The van der Waals surface area contributed by atoms with E-state index in [2.05, 4.69) is 5.32 Å². The van der Waals surface area contributed by atoms with E-state index in [0.29, 0.717) is 22.4 Å². The van der Waals surface area contributed by atoms with Crippen LogP contribution in [-0.4, -0.2) is 43.8 Å². The minimum atomic E-state index is -1.70. The highest BCUT2D eigenvalue weighted by Crippen LogP contribution is 2.38. The van der Waals surface area contributed by atoms with E-state index in [1.165, 1.54) is 0 Å². The average molecular weight is 416 g/mol. The number of fused-ring (bicyclic) bond motifs is 2. The second-order valence-corrected chi connectivity index (χ2v) is 7.71. The minimum absolute atomic E-state index is 0.0197. The Hall–Kier alpha value is -3.37. The van der Waals surface area contributed by atoms with E-state index in [1.807, 2.05) is 18.2 Å². The van der Waals surface area contributed by atoms with Crippen LogP contribution in [-0.2, 0) is 33.9 Å². The molecule has 0 saturated carbocycles. The number of nitrogens with one attached hydrogen (secondary N) is 1. The van der Waals surface area contributed by atoms with Gasteiger partial charge in [0.1, 0.15) is 5.00 Å². The zero-order chi connectivity index (χ0) is 20.7. The van der Waals surface area contributed by atoms with Crippen LogP contribution in [0.2, 0.25) is 0 Å². The van der Waals surface area contributed by atoms with Crippen molar-refractivity contribution < 1.29 is 34.4 Å². The summed E-state index contributed by atoms with van der Waals surface area (Å²) in [5, 5.41) is 32.5. The minimum Gasteiger partial charge on any atom is -0.494 e. The molecule has 150 valence electrons. The number of anilines is 1. The van der Waals surface area contributed by atoms with E-state index in [0.717, 1.165) is 16.7 Å². The van der Waals surface area contributed by atoms with Gasteiger partial charge in [0.15, 0.2) is 5.88 Å². The van der Waals surface area contributed by atoms with Crippen molar-refractivity contribution in [3.8, 4) is 5.88 Å². The molecule has 4 N–H and O–H groups in total. The molecule has 0 saturated heterocycles. The van der Waals surface area contributed by atoms with Crippen molar-refractivity contribution in [1.29, 1.82) is 0 Å². The second-order valence-electron chi connectivity index (χ2n) is 6.60. The Balaban J connectivity index is 1.61. The summed E-state index contributed by atoms with van der Waals surface area (Å²) < 4.78 is 7.47. The van der Waals surface area contributed by atoms with Gasteiger partial charge >= 0.3 is 17.8 Å². The predicted molar refractivity (Wildman–Crippen MR) is 103 cm³/mol. The third-order valence-electron chi connectivity index (χ3n) is 4.78. The lowest BCUT2D eigenvalue weighted by Gasteiger charge is -2.24. The largest absolute Gasteiger partial charge is 0.494 e. The highest BCUT2D eigenvalue weighted by atomic mass is 32.1. The van der Waals surface area contributed by atoms with E-state index in [4.69, 9.17) is 9.84 Å². The molecule has 1 aliphatic heterocycles. The number of aromatic hydroxyl groups is 1. The zero-order valence-electron chi connectivity index (χ0n) is 14.9. The molecule has 1 aromatic carbocycles. The first-order valence-corrected chi connectivity index (χ1v) is 9.47. The van der Waals surface area contributed by atoms with Gasteiger partial charge in [-0.3, -0.25) is 4.79 Å². The van der Waals surface area contributed by atoms with Gasteiger partial charge in [-0.05, 0) is 11.6 Å². The third-order valence-corrected chi connectivity index (χ3v) is 5.90. The summed E-state index contributed by atoms with van der Waals surface area (Å²) in [5.41, 5.74) is 0.394. The molecule has 3 heterocycles. The number of aliphatic carboxylic acids is 1. The number of carboxylic acids is 2. The fourth-order valence-corrected chi connectivity index (χ4v) is 4.61. The van der Waals surface area contributed by atoms with Gasteiger partial charge in [-0.1, -0.05) is 18.2 Å². The third kappa shape index (κ3) is 3.43. The molecule has 0 aliphatic carbocycles. The molecule has 4 rings (SSSR count). The maximum atomic E-state index is 11.8. The van der Waals surface area contributed by atoms with Gasteiger partial charge < -0.3 is 29.9 Å². The quantitative estimate of drug-likeness (QED) is 0.479. The first-order chi connectivity index (χ1) is 13.8. The molecule has 10 heteroatoms. The van der Waals surface area contributed by atoms with Crippen molar-refractivity contribution in [3.05, 3.63) is 46.5 Å². The van der Waals surface area contributed by atoms with Gasteiger partial charge in [0.2, 0.25) is 0 Å². The first-order valence-electron chi connectivity index (χ1n) is 8.65. The van der Waals surface area contributed by atoms with Crippen LogP contribution in [0.15, 0.2) is 30.5 Å². The number of rotatable bonds is 4. The van der Waals surface area contributed by atoms with E-state index in [1.54, 1.807) is 16.8 Å². The molecule has 1 atom stereocenters. The molecule has 1 unspecified atom stereocenters. The van der Waals surface area contributed by atoms with Gasteiger partial charge in [-0.2, -0.15) is 0 Å². The number of benzene rings is 1. The summed E-state index contributed by atoms with van der Waals surface area (Å²) in [5.74, 6) is -4.14. The Kier molecular flexibility index (Phi) is 4.73. The zero-order valence-corrected chi connectivity index (χ0v) is 15.7. The highest BCUT2D eigenvalue weighted by molar-refractivity contribution is 7.17. The Bertz CT molecular complexity index is 1150. The van der Waals surface area contributed by atoms with E-state index in [9.17, 15) is 24.6 Å². The number of hydrogen-bond donors (Lipinski definition) is 4. The van der Waals surface area contributed by atoms with Crippen LogP contribution in [0.4, 0.5) is 5.00 Å². The van der Waals surface area contributed by atoms with Gasteiger partial charge in [0.25, 0.3) is 0 Å². The summed E-state index contributed by atoms with van der Waals surface area (Å²) >= 11 is 0.994. The summed E-state index contributed by atoms with van der Waals surface area (Å²) in [6, 6.07) is 7.38. The molecule has 1 amide bonds. The van der Waals surface area contributed by atoms with Crippen LogP contribution in [0.25, 0.3) is 10.8 Å². The van der Waals surface area contributed by atoms with Crippen LogP contribution in [0.5, 0.6) is 5.88 Å². The molecule has 0 fully saturated rings. The number of amides is 1. The summed E-state index contributed by atoms with van der Waals surface area (Å²) in [6.07, 6.45) is 1.66. The van der Waals surface area contributed by atoms with Crippen molar-refractivity contribution in [2.45, 2.75) is 25.7 Å². The van der Waals surface area contributed by atoms with Crippen molar-refractivity contribution >= 4 is 45.0 Å². The molecule has 3 aromatic rings. The number of hydrogen-bond acceptors (Lipinski definition) is 6. The molecular weight excluding hydrogens is 400 g/mol. The number of ether oxygens (including phenoxy) is 1. The molecule has 0 spiro atoms. The van der Waals surface area contributed by atoms with E-state index < -0.39 is 23.9 Å². The normalized spacial score (nSPS) is 15.8. The number of thiophene rings is 1. The SMILES string of the molecule is O=C(O)C(=O)Nc1sc2c(c1C(=O)O)CC(Cn1cc3ccccc3c1O)OC2. The lowest BCUT2D eigenvalue weighted by molar-refractivity contribution is -0.147. The fourth-order valence-electron chi connectivity index (χ4n) is 3.47. The number of carbonyl (C=O) groups excluding carboxylic acids is 1.